The number of ether oxygens (including phenoxy) is 9. The van der Waals surface area contributed by atoms with Crippen molar-refractivity contribution in [2.45, 2.75) is 51.7 Å². The fraction of sp³-hybridized carbons (Fsp3) is 0.714. The van der Waals surface area contributed by atoms with Crippen LogP contribution in [0.5, 0.6) is 0 Å². The van der Waals surface area contributed by atoms with Gasteiger partial charge >= 0.3 is 11.9 Å². The molecule has 0 aromatic carbocycles. The van der Waals surface area contributed by atoms with Gasteiger partial charge in [0.2, 0.25) is 35.4 Å². The average molecular weight is 992 g/mol. The molecule has 69 heavy (non-hydrogen) atoms. The van der Waals surface area contributed by atoms with Crippen molar-refractivity contribution < 1.29 is 95.7 Å². The van der Waals surface area contributed by atoms with E-state index >= 15 is 0 Å². The third-order valence-electron chi connectivity index (χ3n) is 8.31. The molecule has 0 aromatic heterocycles. The lowest BCUT2D eigenvalue weighted by atomic mass is 10.1. The first-order valence-electron chi connectivity index (χ1n) is 22.2. The Kier molecular flexibility index (Phi) is 34.0. The first-order chi connectivity index (χ1) is 33.0. The van der Waals surface area contributed by atoms with Crippen molar-refractivity contribution in [3.8, 4) is 0 Å². The van der Waals surface area contributed by atoms with Gasteiger partial charge in [-0.15, -0.1) is 0 Å². The number of nitrogens with one attached hydrogen (secondary N) is 6. The molecule has 7 N–H and O–H groups in total. The van der Waals surface area contributed by atoms with Crippen LogP contribution < -0.4 is 31.9 Å². The summed E-state index contributed by atoms with van der Waals surface area (Å²) in [6.45, 7) is 7.93. The molecule has 27 nitrogen and oxygen atoms in total. The Labute approximate surface area is 399 Å². The van der Waals surface area contributed by atoms with Crippen LogP contribution in [0.4, 0.5) is 0 Å². The molecular weight excluding hydrogens is 922 g/mol. The van der Waals surface area contributed by atoms with Gasteiger partial charge in [0.15, 0.2) is 0 Å². The number of rotatable bonds is 42. The van der Waals surface area contributed by atoms with E-state index in [1.54, 1.807) is 20.8 Å². The summed E-state index contributed by atoms with van der Waals surface area (Å²) >= 11 is 0. The van der Waals surface area contributed by atoms with E-state index in [-0.39, 0.29) is 52.2 Å². The Bertz CT molecular complexity index is 1630. The average Bonchev–Trinajstić information content (AvgIpc) is 3.60. The molecule has 0 saturated carbocycles. The highest BCUT2D eigenvalue weighted by Gasteiger charge is 2.29. The highest BCUT2D eigenvalue weighted by molar-refractivity contribution is 6.14. The van der Waals surface area contributed by atoms with Crippen molar-refractivity contribution in [1.82, 2.24) is 36.8 Å². The molecule has 1 heterocycles. The van der Waals surface area contributed by atoms with Gasteiger partial charge in [0, 0.05) is 25.1 Å². The molecule has 8 amide bonds. The Morgan fingerprint density at radius 2 is 0.870 bits per heavy atom. The van der Waals surface area contributed by atoms with Crippen LogP contribution in [-0.2, 0) is 90.6 Å². The molecule has 1 rings (SSSR count). The normalized spacial score (nSPS) is 12.6. The number of nitrogens with zero attached hydrogens (tertiary/aromatic N) is 1. The van der Waals surface area contributed by atoms with Gasteiger partial charge in [0.1, 0.15) is 18.2 Å². The fourth-order valence-corrected chi connectivity index (χ4v) is 5.03. The number of aliphatic carboxylic acids is 1. The minimum atomic E-state index is -1.37. The predicted octanol–water partition coefficient (Wildman–Crippen LogP) is -4.29. The van der Waals surface area contributed by atoms with Crippen molar-refractivity contribution in [2.24, 2.45) is 0 Å². The molecule has 1 atom stereocenters. The highest BCUT2D eigenvalue weighted by Crippen LogP contribution is 2.11. The monoisotopic (exact) mass is 991 g/mol. The van der Waals surface area contributed by atoms with E-state index in [9.17, 15) is 47.9 Å². The number of carboxylic acid groups (broad SMARTS) is 1. The van der Waals surface area contributed by atoms with Crippen LogP contribution in [0.3, 0.4) is 0 Å². The summed E-state index contributed by atoms with van der Waals surface area (Å²) in [4.78, 5) is 121. The topological polar surface area (TPSA) is 349 Å². The molecule has 27 heteroatoms. The van der Waals surface area contributed by atoms with E-state index in [2.05, 4.69) is 31.9 Å². The summed E-state index contributed by atoms with van der Waals surface area (Å²) in [5.74, 6) is -7.52. The first-order valence-corrected chi connectivity index (χ1v) is 22.2. The van der Waals surface area contributed by atoms with Crippen LogP contribution in [0.25, 0.3) is 0 Å². The molecule has 0 saturated heterocycles. The van der Waals surface area contributed by atoms with E-state index in [0.29, 0.717) is 90.8 Å². The fourth-order valence-electron chi connectivity index (χ4n) is 5.03. The van der Waals surface area contributed by atoms with Crippen LogP contribution in [0, 0.1) is 0 Å². The van der Waals surface area contributed by atoms with Gasteiger partial charge in [-0.3, -0.25) is 52.8 Å². The summed E-state index contributed by atoms with van der Waals surface area (Å²) in [6.07, 6.45) is 1.38. The third-order valence-corrected chi connectivity index (χ3v) is 8.31. The SMILES string of the molecule is CC(C)(C)OC(=O)CC[C@H](NC(=O)CN1C(=O)C=CC1=O)C(=O)NCC(=O)NCC(=O)NCC(=O)NCC(=O)NCCOCCOCCOCCOCCOCCOCCOCCOCCC(=O)O. The lowest BCUT2D eigenvalue weighted by Crippen LogP contribution is -2.52. The van der Waals surface area contributed by atoms with Gasteiger partial charge in [0.05, 0.1) is 138 Å². The molecule has 1 aliphatic rings. The summed E-state index contributed by atoms with van der Waals surface area (Å²) in [6, 6.07) is -1.37. The second-order valence-corrected chi connectivity index (χ2v) is 15.3. The first kappa shape index (κ1) is 61.3. The number of carbonyl (C=O) groups is 10. The minimum absolute atomic E-state index is 0.0349. The summed E-state index contributed by atoms with van der Waals surface area (Å²) in [7, 11) is 0. The van der Waals surface area contributed by atoms with Gasteiger partial charge in [-0.2, -0.15) is 0 Å². The minimum Gasteiger partial charge on any atom is -0.481 e. The van der Waals surface area contributed by atoms with Crippen LogP contribution in [0.15, 0.2) is 12.2 Å². The number of carboxylic acids is 1. The zero-order chi connectivity index (χ0) is 51.1. The van der Waals surface area contributed by atoms with Gasteiger partial charge in [-0.25, -0.2) is 0 Å². The number of imide groups is 1. The number of esters is 1. The Morgan fingerprint density at radius 3 is 1.26 bits per heavy atom. The Balaban J connectivity index is 2.04. The van der Waals surface area contributed by atoms with E-state index in [1.807, 2.05) is 0 Å². The largest absolute Gasteiger partial charge is 0.481 e. The molecule has 1 aliphatic heterocycles. The van der Waals surface area contributed by atoms with Crippen molar-refractivity contribution >= 4 is 59.2 Å². The third kappa shape index (κ3) is 36.0. The van der Waals surface area contributed by atoms with Crippen LogP contribution in [0.2, 0.25) is 0 Å². The smallest absolute Gasteiger partial charge is 0.306 e. The van der Waals surface area contributed by atoms with Gasteiger partial charge in [0.25, 0.3) is 11.8 Å². The molecule has 0 unspecified atom stereocenters. The molecule has 0 spiro atoms. The lowest BCUT2D eigenvalue weighted by molar-refractivity contribution is -0.155. The second-order valence-electron chi connectivity index (χ2n) is 15.3. The Morgan fingerprint density at radius 1 is 0.507 bits per heavy atom. The maximum atomic E-state index is 12.9. The van der Waals surface area contributed by atoms with Crippen LogP contribution >= 0.6 is 0 Å². The van der Waals surface area contributed by atoms with Crippen molar-refractivity contribution in [1.29, 1.82) is 0 Å². The van der Waals surface area contributed by atoms with Gasteiger partial charge in [-0.1, -0.05) is 0 Å². The molecule has 0 radical (unpaired) electrons. The Hall–Kier alpha value is -5.68. The van der Waals surface area contributed by atoms with E-state index in [1.165, 1.54) is 0 Å². The highest BCUT2D eigenvalue weighted by atomic mass is 16.6. The van der Waals surface area contributed by atoms with E-state index in [0.717, 1.165) is 12.2 Å². The van der Waals surface area contributed by atoms with Gasteiger partial charge in [-0.05, 0) is 27.2 Å². The maximum Gasteiger partial charge on any atom is 0.306 e. The maximum absolute atomic E-state index is 12.9. The second kappa shape index (κ2) is 38.2. The molecule has 0 fully saturated rings. The van der Waals surface area contributed by atoms with Crippen molar-refractivity contribution in [3.63, 3.8) is 0 Å². The molecule has 0 bridgehead atoms. The standard InChI is InChI=1S/C42H69N7O20/c1-42(2,3)69-40(59)7-4-31(48-36(54)30-49-37(55)5-6-38(49)56)41(60)47-29-35(53)46-28-34(52)45-27-33(51)44-26-32(50)43-9-11-62-13-15-64-17-19-66-21-23-68-25-24-67-22-20-65-18-16-63-14-12-61-10-8-39(57)58/h5-6,31H,4,7-30H2,1-3H3,(H,43,50)(H,44,51)(H,45,52)(H,46,53)(H,47,60)(H,48,54)(H,57,58)/t31-/m0/s1. The summed E-state index contributed by atoms with van der Waals surface area (Å²) in [5.41, 5.74) is -0.817. The molecule has 0 aromatic rings. The number of amides is 8. The van der Waals surface area contributed by atoms with Crippen LogP contribution in [-0.4, -0.2) is 226 Å². The number of carbonyl (C=O) groups excluding carboxylic acids is 9. The van der Waals surface area contributed by atoms with Gasteiger partial charge < -0.3 is 79.6 Å². The summed E-state index contributed by atoms with van der Waals surface area (Å²) in [5, 5.41) is 22.5. The van der Waals surface area contributed by atoms with Crippen molar-refractivity contribution in [2.75, 3.05) is 145 Å². The quantitative estimate of drug-likeness (QED) is 0.0173. The number of hydrogen-bond donors (Lipinski definition) is 7. The lowest BCUT2D eigenvalue weighted by Gasteiger charge is -2.22. The molecule has 392 valence electrons. The molecular formula is C42H69N7O20. The van der Waals surface area contributed by atoms with Crippen LogP contribution in [0.1, 0.15) is 40.0 Å². The predicted molar refractivity (Wildman–Crippen MR) is 237 cm³/mol. The molecule has 0 aliphatic carbocycles. The van der Waals surface area contributed by atoms with E-state index < -0.39 is 97.0 Å². The summed E-state index contributed by atoms with van der Waals surface area (Å²) < 4.78 is 48.1. The zero-order valence-corrected chi connectivity index (χ0v) is 39.6. The zero-order valence-electron chi connectivity index (χ0n) is 39.6. The number of hydrogen-bond acceptors (Lipinski definition) is 19. The van der Waals surface area contributed by atoms with E-state index in [4.69, 9.17) is 47.7 Å². The van der Waals surface area contributed by atoms with Crippen molar-refractivity contribution in [3.05, 3.63) is 12.2 Å².